The Hall–Kier alpha value is -2.67. The number of benzene rings is 1. The summed E-state index contributed by atoms with van der Waals surface area (Å²) in [6, 6.07) is 7.06. The molecule has 1 atom stereocenters. The monoisotopic (exact) mass is 353 g/mol. The Morgan fingerprint density at radius 2 is 2.00 bits per heavy atom. The highest BCUT2D eigenvalue weighted by molar-refractivity contribution is 5.97. The Kier molecular flexibility index (Phi) is 4.46. The summed E-state index contributed by atoms with van der Waals surface area (Å²) in [5, 5.41) is 6.24. The quantitative estimate of drug-likeness (QED) is 0.874. The number of imidazole rings is 1. The van der Waals surface area contributed by atoms with Gasteiger partial charge in [-0.05, 0) is 37.1 Å². The molecule has 1 aromatic carbocycles. The molecule has 2 aliphatic rings. The van der Waals surface area contributed by atoms with Crippen molar-refractivity contribution >= 4 is 17.5 Å². The van der Waals surface area contributed by atoms with Gasteiger partial charge < -0.3 is 20.1 Å². The van der Waals surface area contributed by atoms with Crippen LogP contribution in [0.4, 0.5) is 5.69 Å². The van der Waals surface area contributed by atoms with Crippen molar-refractivity contribution in [2.24, 2.45) is 13.0 Å². The maximum absolute atomic E-state index is 13.0. The van der Waals surface area contributed by atoms with Crippen molar-refractivity contribution < 1.29 is 9.59 Å². The largest absolute Gasteiger partial charge is 0.336 e. The van der Waals surface area contributed by atoms with Gasteiger partial charge in [0.05, 0.1) is 0 Å². The molecule has 26 heavy (non-hydrogen) atoms. The standard InChI is InChI=1S/C19H23N5O2/c1-23-10-9-21-17(23)16-12-20-8-11-24(16)19(26)14-4-6-15(7-5-14)22-18(25)13-2-3-13/h4-7,9-10,13,16,20H,2-3,8,11-12H2,1H3,(H,22,25). The smallest absolute Gasteiger partial charge is 0.254 e. The van der Waals surface area contributed by atoms with Crippen LogP contribution >= 0.6 is 0 Å². The summed E-state index contributed by atoms with van der Waals surface area (Å²) >= 11 is 0. The lowest BCUT2D eigenvalue weighted by Crippen LogP contribution is -2.49. The predicted octanol–water partition coefficient (Wildman–Crippen LogP) is 1.56. The molecule has 2 aromatic rings. The van der Waals surface area contributed by atoms with Gasteiger partial charge in [-0.25, -0.2) is 4.98 Å². The SMILES string of the molecule is Cn1ccnc1C1CNCCN1C(=O)c1ccc(NC(=O)C2CC2)cc1. The minimum atomic E-state index is -0.0921. The molecule has 1 unspecified atom stereocenters. The highest BCUT2D eigenvalue weighted by Gasteiger charge is 2.31. The van der Waals surface area contributed by atoms with Crippen molar-refractivity contribution in [2.75, 3.05) is 25.0 Å². The first-order valence-corrected chi connectivity index (χ1v) is 9.03. The lowest BCUT2D eigenvalue weighted by molar-refractivity contribution is -0.117. The molecule has 1 aromatic heterocycles. The first-order chi connectivity index (χ1) is 12.6. The molecule has 2 N–H and O–H groups in total. The molecule has 0 spiro atoms. The zero-order chi connectivity index (χ0) is 18.1. The molecule has 0 radical (unpaired) electrons. The third kappa shape index (κ3) is 3.35. The van der Waals surface area contributed by atoms with E-state index in [1.54, 1.807) is 30.5 Å². The van der Waals surface area contributed by atoms with E-state index in [-0.39, 0.29) is 23.8 Å². The lowest BCUT2D eigenvalue weighted by Gasteiger charge is -2.35. The van der Waals surface area contributed by atoms with Gasteiger partial charge in [0, 0.05) is 56.2 Å². The highest BCUT2D eigenvalue weighted by atomic mass is 16.2. The first kappa shape index (κ1) is 16.8. The van der Waals surface area contributed by atoms with Gasteiger partial charge in [0.15, 0.2) is 0 Å². The van der Waals surface area contributed by atoms with Crippen molar-refractivity contribution in [2.45, 2.75) is 18.9 Å². The maximum atomic E-state index is 13.0. The number of nitrogens with one attached hydrogen (secondary N) is 2. The number of rotatable bonds is 4. The molecule has 7 heteroatoms. The van der Waals surface area contributed by atoms with Crippen LogP contribution in [0.25, 0.3) is 0 Å². The molecule has 1 aliphatic heterocycles. The molecule has 136 valence electrons. The Morgan fingerprint density at radius 1 is 1.23 bits per heavy atom. The van der Waals surface area contributed by atoms with E-state index in [0.29, 0.717) is 18.7 Å². The number of piperazine rings is 1. The molecule has 1 aliphatic carbocycles. The minimum Gasteiger partial charge on any atom is -0.336 e. The number of aryl methyl sites for hydroxylation is 1. The van der Waals surface area contributed by atoms with E-state index in [4.69, 9.17) is 0 Å². The van der Waals surface area contributed by atoms with Crippen LogP contribution in [0.5, 0.6) is 0 Å². The normalized spacial score (nSPS) is 20.0. The highest BCUT2D eigenvalue weighted by Crippen LogP contribution is 2.30. The summed E-state index contributed by atoms with van der Waals surface area (Å²) in [6.07, 6.45) is 5.59. The Bertz CT molecular complexity index is 810. The van der Waals surface area contributed by atoms with Gasteiger partial charge in [-0.3, -0.25) is 9.59 Å². The average molecular weight is 353 g/mol. The summed E-state index contributed by atoms with van der Waals surface area (Å²) in [7, 11) is 1.94. The van der Waals surface area contributed by atoms with Crippen LogP contribution in [0, 0.1) is 5.92 Å². The van der Waals surface area contributed by atoms with Crippen LogP contribution in [-0.4, -0.2) is 45.9 Å². The predicted molar refractivity (Wildman–Crippen MR) is 97.7 cm³/mol. The molecule has 1 saturated heterocycles. The molecule has 7 nitrogen and oxygen atoms in total. The average Bonchev–Trinajstić information content (AvgIpc) is 3.43. The number of aromatic nitrogens is 2. The van der Waals surface area contributed by atoms with Gasteiger partial charge in [0.25, 0.3) is 5.91 Å². The van der Waals surface area contributed by atoms with E-state index in [1.165, 1.54) is 0 Å². The van der Waals surface area contributed by atoms with Crippen LogP contribution in [0.1, 0.15) is 35.1 Å². The molecule has 2 amide bonds. The first-order valence-electron chi connectivity index (χ1n) is 9.03. The van der Waals surface area contributed by atoms with E-state index in [2.05, 4.69) is 15.6 Å². The summed E-state index contributed by atoms with van der Waals surface area (Å²) in [6.45, 7) is 2.09. The number of carbonyl (C=O) groups excluding carboxylic acids is 2. The molecule has 0 bridgehead atoms. The van der Waals surface area contributed by atoms with Crippen LogP contribution in [0.3, 0.4) is 0 Å². The van der Waals surface area contributed by atoms with E-state index in [0.717, 1.165) is 30.9 Å². The number of amides is 2. The molecule has 2 fully saturated rings. The molecular formula is C19H23N5O2. The van der Waals surface area contributed by atoms with Gasteiger partial charge >= 0.3 is 0 Å². The van der Waals surface area contributed by atoms with Gasteiger partial charge in [-0.15, -0.1) is 0 Å². The fourth-order valence-electron chi connectivity index (χ4n) is 3.33. The van der Waals surface area contributed by atoms with Crippen LogP contribution in [-0.2, 0) is 11.8 Å². The second-order valence-corrected chi connectivity index (χ2v) is 6.96. The zero-order valence-corrected chi connectivity index (χ0v) is 14.8. The van der Waals surface area contributed by atoms with Gasteiger partial charge in [0.2, 0.25) is 5.91 Å². The van der Waals surface area contributed by atoms with Gasteiger partial charge in [-0.2, -0.15) is 0 Å². The lowest BCUT2D eigenvalue weighted by atomic mass is 10.1. The molecule has 4 rings (SSSR count). The molecular weight excluding hydrogens is 330 g/mol. The number of hydrogen-bond donors (Lipinski definition) is 2. The number of nitrogens with zero attached hydrogens (tertiary/aromatic N) is 3. The fourth-order valence-corrected chi connectivity index (χ4v) is 3.33. The van der Waals surface area contributed by atoms with E-state index in [1.807, 2.05) is 22.7 Å². The number of hydrogen-bond acceptors (Lipinski definition) is 4. The fraction of sp³-hybridized carbons (Fsp3) is 0.421. The van der Waals surface area contributed by atoms with Crippen LogP contribution in [0.15, 0.2) is 36.7 Å². The van der Waals surface area contributed by atoms with Crippen LogP contribution < -0.4 is 10.6 Å². The summed E-state index contributed by atoms with van der Waals surface area (Å²) in [5.74, 6) is 1.09. The summed E-state index contributed by atoms with van der Waals surface area (Å²) in [4.78, 5) is 31.2. The summed E-state index contributed by atoms with van der Waals surface area (Å²) in [5.41, 5.74) is 1.36. The van der Waals surface area contributed by atoms with Crippen molar-refractivity contribution in [3.05, 3.63) is 48.0 Å². The Balaban J connectivity index is 1.50. The van der Waals surface area contributed by atoms with Crippen molar-refractivity contribution in [3.8, 4) is 0 Å². The number of anilines is 1. The zero-order valence-electron chi connectivity index (χ0n) is 14.8. The van der Waals surface area contributed by atoms with Crippen molar-refractivity contribution in [1.29, 1.82) is 0 Å². The maximum Gasteiger partial charge on any atom is 0.254 e. The second-order valence-electron chi connectivity index (χ2n) is 6.96. The Morgan fingerprint density at radius 3 is 2.65 bits per heavy atom. The molecule has 1 saturated carbocycles. The topological polar surface area (TPSA) is 79.3 Å². The molecule has 2 heterocycles. The summed E-state index contributed by atoms with van der Waals surface area (Å²) < 4.78 is 1.95. The van der Waals surface area contributed by atoms with E-state index in [9.17, 15) is 9.59 Å². The minimum absolute atomic E-state index is 0.0143. The van der Waals surface area contributed by atoms with E-state index < -0.39 is 0 Å². The van der Waals surface area contributed by atoms with Crippen molar-refractivity contribution in [1.82, 2.24) is 19.8 Å². The second kappa shape index (κ2) is 6.92. The van der Waals surface area contributed by atoms with Crippen LogP contribution in [0.2, 0.25) is 0 Å². The third-order valence-electron chi connectivity index (χ3n) is 5.01. The van der Waals surface area contributed by atoms with E-state index >= 15 is 0 Å². The van der Waals surface area contributed by atoms with Crippen molar-refractivity contribution in [3.63, 3.8) is 0 Å². The number of carbonyl (C=O) groups is 2. The third-order valence-corrected chi connectivity index (χ3v) is 5.01. The van der Waals surface area contributed by atoms with Gasteiger partial charge in [-0.1, -0.05) is 0 Å². The Labute approximate surface area is 152 Å². The van der Waals surface area contributed by atoms with Gasteiger partial charge in [0.1, 0.15) is 11.9 Å².